The van der Waals surface area contributed by atoms with E-state index in [1.165, 1.54) is 5.56 Å². The number of hydrogen-bond donors (Lipinski definition) is 2. The number of halogens is 1. The normalized spacial score (nSPS) is 17.4. The van der Waals surface area contributed by atoms with Crippen molar-refractivity contribution in [3.63, 3.8) is 0 Å². The first-order valence-electron chi connectivity index (χ1n) is 8.86. The van der Waals surface area contributed by atoms with Gasteiger partial charge in [-0.2, -0.15) is 0 Å². The van der Waals surface area contributed by atoms with Gasteiger partial charge < -0.3 is 20.3 Å². The summed E-state index contributed by atoms with van der Waals surface area (Å²) in [7, 11) is 2.08. The second kappa shape index (κ2) is 6.98. The van der Waals surface area contributed by atoms with Crippen LogP contribution in [0.5, 0.6) is 0 Å². The molecule has 0 saturated heterocycles. The number of carbonyl (C=O) groups excluding carboxylic acids is 1. The molecule has 3 N–H and O–H groups in total. The number of primary amides is 1. The third-order valence-corrected chi connectivity index (χ3v) is 5.47. The average molecular weight is 364 g/mol. The summed E-state index contributed by atoms with van der Waals surface area (Å²) in [4.78, 5) is 14.2. The Morgan fingerprint density at radius 2 is 2.20 bits per heavy atom. The van der Waals surface area contributed by atoms with Crippen LogP contribution in [0.2, 0.25) is 5.02 Å². The summed E-state index contributed by atoms with van der Waals surface area (Å²) in [6.07, 6.45) is 2.96. The van der Waals surface area contributed by atoms with Gasteiger partial charge in [0, 0.05) is 34.7 Å². The monoisotopic (exact) mass is 363 g/mol. The summed E-state index contributed by atoms with van der Waals surface area (Å²) in [5, 5.41) is 12.7. The van der Waals surface area contributed by atoms with Crippen LogP contribution in [-0.4, -0.2) is 39.7 Å². The molecule has 1 atom stereocenters. The van der Waals surface area contributed by atoms with E-state index in [1.807, 2.05) is 25.1 Å². The quantitative estimate of drug-likeness (QED) is 0.828. The molecular weight excluding hydrogens is 338 g/mol. The number of rotatable bonds is 6. The Morgan fingerprint density at radius 1 is 1.44 bits per heavy atom. The van der Waals surface area contributed by atoms with E-state index in [4.69, 9.17) is 17.3 Å². The summed E-state index contributed by atoms with van der Waals surface area (Å²) < 4.78 is 2.07. The van der Waals surface area contributed by atoms with Crippen molar-refractivity contribution in [1.29, 1.82) is 0 Å². The molecule has 1 aromatic carbocycles. The SMILES string of the molecule is CCCCC(O)(Cn1c2c(c3cc(Cl)ccc31)CCN(C)C2)C(N)=O. The van der Waals surface area contributed by atoms with E-state index in [0.29, 0.717) is 11.4 Å². The molecule has 6 heteroatoms. The minimum absolute atomic E-state index is 0.184. The standard InChI is InChI=1S/C19H26ClN3O2/c1-3-4-8-19(25,18(21)24)12-23-16-6-5-13(20)10-15(16)14-7-9-22(2)11-17(14)23/h5-6,10,25H,3-4,7-9,11-12H2,1-2H3,(H2,21,24). The average Bonchev–Trinajstić information content (AvgIpc) is 2.85. The van der Waals surface area contributed by atoms with E-state index in [0.717, 1.165) is 48.9 Å². The molecule has 0 radical (unpaired) electrons. The summed E-state index contributed by atoms with van der Waals surface area (Å²) in [6.45, 7) is 3.98. The van der Waals surface area contributed by atoms with Gasteiger partial charge in [0.05, 0.1) is 6.54 Å². The highest BCUT2D eigenvalue weighted by Crippen LogP contribution is 2.34. The van der Waals surface area contributed by atoms with Crippen LogP contribution in [-0.2, 0) is 24.3 Å². The molecule has 0 saturated carbocycles. The van der Waals surface area contributed by atoms with Crippen molar-refractivity contribution in [3.05, 3.63) is 34.5 Å². The number of aromatic nitrogens is 1. The number of amides is 1. The van der Waals surface area contributed by atoms with Gasteiger partial charge in [-0.1, -0.05) is 31.4 Å². The number of benzene rings is 1. The molecule has 0 spiro atoms. The van der Waals surface area contributed by atoms with Crippen molar-refractivity contribution < 1.29 is 9.90 Å². The number of carbonyl (C=O) groups is 1. The van der Waals surface area contributed by atoms with Crippen LogP contribution in [0.1, 0.15) is 37.4 Å². The highest BCUT2D eigenvalue weighted by molar-refractivity contribution is 6.31. The topological polar surface area (TPSA) is 71.5 Å². The van der Waals surface area contributed by atoms with E-state index in [2.05, 4.69) is 16.5 Å². The number of fused-ring (bicyclic) bond motifs is 3. The third-order valence-electron chi connectivity index (χ3n) is 5.23. The zero-order valence-corrected chi connectivity index (χ0v) is 15.6. The van der Waals surface area contributed by atoms with Gasteiger partial charge in [-0.15, -0.1) is 0 Å². The Morgan fingerprint density at radius 3 is 2.88 bits per heavy atom. The largest absolute Gasteiger partial charge is 0.378 e. The van der Waals surface area contributed by atoms with Crippen LogP contribution in [0, 0.1) is 0 Å². The van der Waals surface area contributed by atoms with Gasteiger partial charge in [-0.3, -0.25) is 4.79 Å². The summed E-state index contributed by atoms with van der Waals surface area (Å²) in [5.41, 5.74) is 7.43. The van der Waals surface area contributed by atoms with Crippen LogP contribution in [0.25, 0.3) is 10.9 Å². The lowest BCUT2D eigenvalue weighted by atomic mass is 9.95. The van der Waals surface area contributed by atoms with Crippen molar-refractivity contribution in [1.82, 2.24) is 9.47 Å². The van der Waals surface area contributed by atoms with E-state index in [1.54, 1.807) is 0 Å². The lowest BCUT2D eigenvalue weighted by Crippen LogP contribution is -2.47. The zero-order chi connectivity index (χ0) is 18.2. The Hall–Kier alpha value is -1.56. The van der Waals surface area contributed by atoms with E-state index in [-0.39, 0.29) is 6.54 Å². The molecule has 1 aromatic heterocycles. The maximum absolute atomic E-state index is 12.0. The van der Waals surface area contributed by atoms with Crippen molar-refractivity contribution in [2.75, 3.05) is 13.6 Å². The predicted molar refractivity (Wildman–Crippen MR) is 101 cm³/mol. The van der Waals surface area contributed by atoms with Gasteiger partial charge in [-0.25, -0.2) is 0 Å². The minimum Gasteiger partial charge on any atom is -0.378 e. The predicted octanol–water partition coefficient (Wildman–Crippen LogP) is 2.69. The Labute approximate surface area is 153 Å². The van der Waals surface area contributed by atoms with Crippen LogP contribution in [0.3, 0.4) is 0 Å². The molecule has 0 fully saturated rings. The Balaban J connectivity index is 2.11. The molecule has 2 heterocycles. The molecule has 2 aromatic rings. The van der Waals surface area contributed by atoms with Crippen LogP contribution >= 0.6 is 11.6 Å². The van der Waals surface area contributed by atoms with Crippen molar-refractivity contribution >= 4 is 28.4 Å². The van der Waals surface area contributed by atoms with E-state index < -0.39 is 11.5 Å². The van der Waals surface area contributed by atoms with Gasteiger partial charge in [0.25, 0.3) is 5.91 Å². The summed E-state index contributed by atoms with van der Waals surface area (Å²) in [6, 6.07) is 5.80. The highest BCUT2D eigenvalue weighted by Gasteiger charge is 2.36. The lowest BCUT2D eigenvalue weighted by molar-refractivity contribution is -0.138. The van der Waals surface area contributed by atoms with Crippen LogP contribution in [0.4, 0.5) is 0 Å². The second-order valence-corrected chi connectivity index (χ2v) is 7.60. The minimum atomic E-state index is -1.54. The van der Waals surface area contributed by atoms with Crippen LogP contribution in [0.15, 0.2) is 18.2 Å². The molecule has 25 heavy (non-hydrogen) atoms. The molecule has 136 valence electrons. The molecule has 3 rings (SSSR count). The first kappa shape index (κ1) is 18.2. The van der Waals surface area contributed by atoms with E-state index in [9.17, 15) is 9.90 Å². The van der Waals surface area contributed by atoms with Gasteiger partial charge in [0.15, 0.2) is 5.60 Å². The van der Waals surface area contributed by atoms with Crippen molar-refractivity contribution in [2.24, 2.45) is 5.73 Å². The molecule has 5 nitrogen and oxygen atoms in total. The van der Waals surface area contributed by atoms with Gasteiger partial charge in [-0.05, 0) is 43.7 Å². The van der Waals surface area contributed by atoms with Crippen molar-refractivity contribution in [3.8, 4) is 0 Å². The molecule has 1 amide bonds. The fourth-order valence-corrected chi connectivity index (χ4v) is 3.91. The van der Waals surface area contributed by atoms with Gasteiger partial charge in [0.2, 0.25) is 0 Å². The lowest BCUT2D eigenvalue weighted by Gasteiger charge is -2.29. The van der Waals surface area contributed by atoms with Crippen molar-refractivity contribution in [2.45, 2.75) is 51.3 Å². The number of nitrogens with two attached hydrogens (primary N) is 1. The van der Waals surface area contributed by atoms with Gasteiger partial charge >= 0.3 is 0 Å². The third kappa shape index (κ3) is 3.41. The number of likely N-dealkylation sites (N-methyl/N-ethyl adjacent to an activating group) is 1. The zero-order valence-electron chi connectivity index (χ0n) is 14.9. The molecule has 1 unspecified atom stereocenters. The summed E-state index contributed by atoms with van der Waals surface area (Å²) >= 11 is 6.21. The fraction of sp³-hybridized carbons (Fsp3) is 0.526. The second-order valence-electron chi connectivity index (χ2n) is 7.16. The molecule has 1 aliphatic heterocycles. The molecular formula is C19H26ClN3O2. The maximum atomic E-state index is 12.0. The first-order valence-corrected chi connectivity index (χ1v) is 9.24. The Kier molecular flexibility index (Phi) is 5.09. The first-order chi connectivity index (χ1) is 11.9. The molecule has 0 bridgehead atoms. The number of unbranched alkanes of at least 4 members (excludes halogenated alkanes) is 1. The highest BCUT2D eigenvalue weighted by atomic mass is 35.5. The molecule has 1 aliphatic rings. The number of hydrogen-bond acceptors (Lipinski definition) is 3. The maximum Gasteiger partial charge on any atom is 0.251 e. The smallest absolute Gasteiger partial charge is 0.251 e. The number of aliphatic hydroxyl groups is 1. The fourth-order valence-electron chi connectivity index (χ4n) is 3.74. The number of nitrogens with zero attached hydrogens (tertiary/aromatic N) is 2. The van der Waals surface area contributed by atoms with E-state index >= 15 is 0 Å². The van der Waals surface area contributed by atoms with Crippen LogP contribution < -0.4 is 5.73 Å². The summed E-state index contributed by atoms with van der Waals surface area (Å²) in [5.74, 6) is -0.658. The van der Waals surface area contributed by atoms with Gasteiger partial charge in [0.1, 0.15) is 0 Å². The Bertz CT molecular complexity index is 802. The molecule has 0 aliphatic carbocycles.